The summed E-state index contributed by atoms with van der Waals surface area (Å²) >= 11 is 7.45. The summed E-state index contributed by atoms with van der Waals surface area (Å²) in [5, 5.41) is 15.1. The summed E-state index contributed by atoms with van der Waals surface area (Å²) in [5.41, 5.74) is 6.40. The van der Waals surface area contributed by atoms with E-state index in [1.165, 1.54) is 5.56 Å². The highest BCUT2D eigenvalue weighted by atomic mass is 32.1. The monoisotopic (exact) mass is 443 g/mol. The predicted octanol–water partition coefficient (Wildman–Crippen LogP) is 4.96. The van der Waals surface area contributed by atoms with Gasteiger partial charge in [-0.1, -0.05) is 36.4 Å². The summed E-state index contributed by atoms with van der Waals surface area (Å²) in [6, 6.07) is 18.8. The third kappa shape index (κ3) is 4.33. The lowest BCUT2D eigenvalue weighted by Crippen LogP contribution is -2.37. The van der Waals surface area contributed by atoms with Gasteiger partial charge in [0.25, 0.3) is 0 Å². The molecule has 5 rings (SSSR count). The smallest absolute Gasteiger partial charge is 0.190 e. The topological polar surface area (TPSA) is 53.4 Å². The summed E-state index contributed by atoms with van der Waals surface area (Å²) in [6.07, 6.45) is 5.14. The normalized spacial score (nSPS) is 15.8. The molecule has 0 spiro atoms. The Hall–Kier alpha value is -3.16. The lowest BCUT2D eigenvalue weighted by Gasteiger charge is -2.25. The summed E-state index contributed by atoms with van der Waals surface area (Å²) < 4.78 is 0. The highest BCUT2D eigenvalue weighted by molar-refractivity contribution is 7.80. The fraction of sp³-hybridized carbons (Fsp3) is 0.167. The number of benzene rings is 2. The van der Waals surface area contributed by atoms with Gasteiger partial charge in [0.2, 0.25) is 0 Å². The van der Waals surface area contributed by atoms with E-state index in [2.05, 4.69) is 68.5 Å². The number of thiophene rings is 1. The number of nitrogens with one attached hydrogen (secondary N) is 1. The van der Waals surface area contributed by atoms with Gasteiger partial charge in [-0.15, -0.1) is 0 Å². The van der Waals surface area contributed by atoms with Crippen molar-refractivity contribution in [1.29, 1.82) is 0 Å². The Balaban J connectivity index is 1.38. The van der Waals surface area contributed by atoms with Crippen LogP contribution in [0.1, 0.15) is 29.2 Å². The van der Waals surface area contributed by atoms with Crippen molar-refractivity contribution < 1.29 is 0 Å². The number of hydrogen-bond acceptors (Lipinski definition) is 5. The highest BCUT2D eigenvalue weighted by Crippen LogP contribution is 2.34. The van der Waals surface area contributed by atoms with Crippen LogP contribution in [0, 0.1) is 0 Å². The standard InChI is InChI=1S/C24H21N5S2/c30-24(27-10-8-17-4-2-1-3-5-17)29-23(15-21(28-29)19-9-13-31-16-19)18-6-7-20-22(14-18)26-12-11-25-20/h1-7,9,11-14,16,23H,8,10,15H2,(H,27,30)/t23-/m1/s1. The first-order valence-corrected chi connectivity index (χ1v) is 11.5. The van der Waals surface area contributed by atoms with E-state index in [1.54, 1.807) is 23.7 Å². The van der Waals surface area contributed by atoms with Crippen LogP contribution in [0.15, 0.2) is 82.9 Å². The SMILES string of the molecule is S=C(NCCc1ccccc1)N1N=C(c2ccsc2)C[C@@H]1c1ccc2nccnc2c1. The minimum atomic E-state index is 0.0260. The molecule has 0 amide bonds. The Labute approximate surface area is 190 Å². The van der Waals surface area contributed by atoms with E-state index in [0.29, 0.717) is 5.11 Å². The molecule has 0 fully saturated rings. The zero-order chi connectivity index (χ0) is 21.0. The molecule has 0 saturated heterocycles. The number of fused-ring (bicyclic) bond motifs is 1. The van der Waals surface area contributed by atoms with Gasteiger partial charge in [-0.25, -0.2) is 5.01 Å². The van der Waals surface area contributed by atoms with E-state index < -0.39 is 0 Å². The van der Waals surface area contributed by atoms with Gasteiger partial charge in [-0.2, -0.15) is 16.4 Å². The molecular formula is C24H21N5S2. The summed E-state index contributed by atoms with van der Waals surface area (Å²) in [7, 11) is 0. The van der Waals surface area contributed by atoms with Gasteiger partial charge in [-0.05, 0) is 58.7 Å². The molecular weight excluding hydrogens is 422 g/mol. The Morgan fingerprint density at radius 3 is 2.71 bits per heavy atom. The van der Waals surface area contributed by atoms with Crippen molar-refractivity contribution >= 4 is 45.4 Å². The van der Waals surface area contributed by atoms with Crippen LogP contribution in [0.2, 0.25) is 0 Å². The quantitative estimate of drug-likeness (QED) is 0.442. The summed E-state index contributed by atoms with van der Waals surface area (Å²) in [5.74, 6) is 0. The van der Waals surface area contributed by atoms with Gasteiger partial charge in [-0.3, -0.25) is 9.97 Å². The fourth-order valence-electron chi connectivity index (χ4n) is 3.79. The first kappa shape index (κ1) is 19.8. The molecule has 0 aliphatic carbocycles. The van der Waals surface area contributed by atoms with Gasteiger partial charge in [0, 0.05) is 30.9 Å². The van der Waals surface area contributed by atoms with E-state index in [9.17, 15) is 0 Å². The van der Waals surface area contributed by atoms with Crippen LogP contribution in [-0.2, 0) is 6.42 Å². The molecule has 154 valence electrons. The largest absolute Gasteiger partial charge is 0.361 e. The number of hydrogen-bond donors (Lipinski definition) is 1. The van der Waals surface area contributed by atoms with Gasteiger partial charge in [0.05, 0.1) is 22.8 Å². The van der Waals surface area contributed by atoms with Crippen molar-refractivity contribution in [2.75, 3.05) is 6.54 Å². The van der Waals surface area contributed by atoms with Crippen LogP contribution in [0.3, 0.4) is 0 Å². The molecule has 1 atom stereocenters. The molecule has 5 nitrogen and oxygen atoms in total. The van der Waals surface area contributed by atoms with Crippen LogP contribution in [0.5, 0.6) is 0 Å². The molecule has 4 aromatic rings. The molecule has 3 heterocycles. The number of aromatic nitrogens is 2. The van der Waals surface area contributed by atoms with Crippen molar-refractivity contribution in [2.24, 2.45) is 5.10 Å². The third-order valence-corrected chi connectivity index (χ3v) is 6.40. The van der Waals surface area contributed by atoms with Crippen molar-refractivity contribution in [3.63, 3.8) is 0 Å². The zero-order valence-corrected chi connectivity index (χ0v) is 18.4. The van der Waals surface area contributed by atoms with Gasteiger partial charge >= 0.3 is 0 Å². The molecule has 0 saturated carbocycles. The Kier molecular flexibility index (Phi) is 5.69. The Morgan fingerprint density at radius 2 is 1.90 bits per heavy atom. The Morgan fingerprint density at radius 1 is 1.06 bits per heavy atom. The van der Waals surface area contributed by atoms with Gasteiger partial charge in [0.15, 0.2) is 5.11 Å². The van der Waals surface area contributed by atoms with Crippen molar-refractivity contribution in [1.82, 2.24) is 20.3 Å². The van der Waals surface area contributed by atoms with Gasteiger partial charge in [0.1, 0.15) is 0 Å². The highest BCUT2D eigenvalue weighted by Gasteiger charge is 2.31. The van der Waals surface area contributed by atoms with Crippen LogP contribution >= 0.6 is 23.6 Å². The van der Waals surface area contributed by atoms with Crippen molar-refractivity contribution in [2.45, 2.75) is 18.9 Å². The fourth-order valence-corrected chi connectivity index (χ4v) is 4.72. The first-order chi connectivity index (χ1) is 15.3. The molecule has 2 aromatic carbocycles. The maximum absolute atomic E-state index is 5.77. The lowest BCUT2D eigenvalue weighted by molar-refractivity contribution is 0.364. The number of nitrogens with zero attached hydrogens (tertiary/aromatic N) is 4. The summed E-state index contributed by atoms with van der Waals surface area (Å²) in [6.45, 7) is 0.762. The van der Waals surface area contributed by atoms with Crippen LogP contribution in [-0.4, -0.2) is 32.3 Å². The van der Waals surface area contributed by atoms with Crippen LogP contribution in [0.4, 0.5) is 0 Å². The van der Waals surface area contributed by atoms with E-state index in [-0.39, 0.29) is 6.04 Å². The maximum atomic E-state index is 5.77. The predicted molar refractivity (Wildman–Crippen MR) is 130 cm³/mol. The Bertz CT molecular complexity index is 1220. The number of thiocarbonyl (C=S) groups is 1. The molecule has 0 radical (unpaired) electrons. The van der Waals surface area contributed by atoms with Crippen molar-refractivity contribution in [3.8, 4) is 0 Å². The average molecular weight is 444 g/mol. The molecule has 0 unspecified atom stereocenters. The zero-order valence-electron chi connectivity index (χ0n) is 16.8. The lowest BCUT2D eigenvalue weighted by atomic mass is 9.99. The minimum Gasteiger partial charge on any atom is -0.361 e. The van der Waals surface area contributed by atoms with Crippen LogP contribution < -0.4 is 5.32 Å². The molecule has 1 aliphatic heterocycles. The second kappa shape index (κ2) is 8.91. The van der Waals surface area contributed by atoms with E-state index in [4.69, 9.17) is 17.3 Å². The third-order valence-electron chi connectivity index (χ3n) is 5.38. The molecule has 0 bridgehead atoms. The van der Waals surface area contributed by atoms with E-state index >= 15 is 0 Å². The van der Waals surface area contributed by atoms with E-state index in [1.807, 2.05) is 17.1 Å². The van der Waals surface area contributed by atoms with Gasteiger partial charge < -0.3 is 5.32 Å². The molecule has 2 aromatic heterocycles. The molecule has 31 heavy (non-hydrogen) atoms. The van der Waals surface area contributed by atoms with Crippen molar-refractivity contribution in [3.05, 3.63) is 94.4 Å². The van der Waals surface area contributed by atoms with Crippen LogP contribution in [0.25, 0.3) is 11.0 Å². The molecule has 1 N–H and O–H groups in total. The average Bonchev–Trinajstić information content (AvgIpc) is 3.50. The number of hydrazone groups is 1. The van der Waals surface area contributed by atoms with E-state index in [0.717, 1.165) is 47.3 Å². The second-order valence-electron chi connectivity index (χ2n) is 7.40. The molecule has 7 heteroatoms. The second-order valence-corrected chi connectivity index (χ2v) is 8.56. The first-order valence-electron chi connectivity index (χ1n) is 10.2. The molecule has 1 aliphatic rings. The summed E-state index contributed by atoms with van der Waals surface area (Å²) in [4.78, 5) is 8.86. The minimum absolute atomic E-state index is 0.0260. The number of rotatable bonds is 5. The maximum Gasteiger partial charge on any atom is 0.190 e.